The van der Waals surface area contributed by atoms with E-state index in [-0.39, 0.29) is 5.41 Å². The predicted octanol–water partition coefficient (Wildman–Crippen LogP) is 28.4. The second-order valence-electron chi connectivity index (χ2n) is 29.9. The monoisotopic (exact) mass is 1390 g/mol. The molecule has 4 nitrogen and oxygen atoms in total. The van der Waals surface area contributed by atoms with Gasteiger partial charge in [0.1, 0.15) is 0 Å². The Labute approximate surface area is 632 Å². The van der Waals surface area contributed by atoms with Crippen molar-refractivity contribution in [2.24, 2.45) is 0 Å². The largest absolute Gasteiger partial charge is 0.316 e. The third-order valence-electron chi connectivity index (χ3n) is 23.7. The SMILES string of the molecule is CC1(C)c2ccccc2-c2ccc(N(c3ccccc3)c3ccc(-c4ccc(-n5cc6c7c(c8ccccc8cc75)-c5ccccc5-c5ccccc5-6)cc4)cc3)cc21.c1ccc2c(c1)-c1ccccc1-c1c3ccccc3cc3c1c-2cn3-c1ccc(-c2ccc(-n3c4ccccc4c4ccccc43)cc2)cc1. The lowest BCUT2D eigenvalue weighted by molar-refractivity contribution is 0.660. The second kappa shape index (κ2) is 24.5. The molecule has 20 aromatic rings. The Balaban J connectivity index is 0.000000137. The highest BCUT2D eigenvalue weighted by Gasteiger charge is 2.36. The molecular formula is C105H70N4. The van der Waals surface area contributed by atoms with Crippen molar-refractivity contribution >= 4 is 82.2 Å². The standard InChI is InChI=1S/C57H40N2.C48H30N2/c1-57(2)52-23-13-12-21-48(52)49-33-32-43(35-53(49)57)59(41-15-4-3-5-16-41)42-30-26-38(27-31-42)37-24-28-40(29-25-37)58-36-51-47-20-9-8-18-45(47)46-19-10-11-22-50(46)55-44-17-7-6-14-39(44)34-54(58)56(51)55;1-2-12-36-33(11-1)29-46-48-43(39-15-4-3-13-37(39)38-14-5-6-18-42(38)47(36)48)30-49(46)34-25-21-31(22-26-34)32-23-27-35(28-24-32)50-44-19-9-7-16-40(44)41-17-8-10-20-45(41)50/h3-36H,1-2H3;1-30H. The van der Waals surface area contributed by atoms with Crippen LogP contribution in [0.15, 0.2) is 389 Å². The summed E-state index contributed by atoms with van der Waals surface area (Å²) in [4.78, 5) is 2.38. The molecule has 0 radical (unpaired) electrons. The van der Waals surface area contributed by atoms with Crippen LogP contribution >= 0.6 is 0 Å². The third-order valence-corrected chi connectivity index (χ3v) is 23.7. The van der Waals surface area contributed by atoms with Crippen LogP contribution in [0.1, 0.15) is 25.0 Å². The lowest BCUT2D eigenvalue weighted by Crippen LogP contribution is -2.16. The van der Waals surface area contributed by atoms with Crippen LogP contribution in [0.25, 0.3) is 182 Å². The van der Waals surface area contributed by atoms with Gasteiger partial charge in [-0.2, -0.15) is 0 Å². The number of fused-ring (bicyclic) bond motifs is 20. The first kappa shape index (κ1) is 62.3. The van der Waals surface area contributed by atoms with Crippen molar-refractivity contribution in [2.45, 2.75) is 19.3 Å². The second-order valence-corrected chi connectivity index (χ2v) is 29.9. The number of para-hydroxylation sites is 3. The predicted molar refractivity (Wildman–Crippen MR) is 459 cm³/mol. The van der Waals surface area contributed by atoms with E-state index in [9.17, 15) is 0 Å². The molecule has 0 saturated heterocycles. The van der Waals surface area contributed by atoms with E-state index in [0.29, 0.717) is 0 Å². The quantitative estimate of drug-likeness (QED) is 0.148. The van der Waals surface area contributed by atoms with Gasteiger partial charge in [0.2, 0.25) is 0 Å². The molecule has 0 unspecified atom stereocenters. The van der Waals surface area contributed by atoms with Crippen LogP contribution < -0.4 is 4.90 Å². The lowest BCUT2D eigenvalue weighted by atomic mass is 9.82. The Hall–Kier alpha value is -14.1. The molecule has 4 heteroatoms. The Morgan fingerprint density at radius 1 is 0.229 bits per heavy atom. The van der Waals surface area contributed by atoms with Crippen molar-refractivity contribution in [1.29, 1.82) is 0 Å². The van der Waals surface area contributed by atoms with Crippen LogP contribution in [0.3, 0.4) is 0 Å². The maximum atomic E-state index is 2.40. The maximum Gasteiger partial charge on any atom is 0.0547 e. The first-order chi connectivity index (χ1) is 53.8. The van der Waals surface area contributed by atoms with Gasteiger partial charge >= 0.3 is 0 Å². The number of anilines is 3. The summed E-state index contributed by atoms with van der Waals surface area (Å²) in [5, 5.41) is 10.3. The summed E-state index contributed by atoms with van der Waals surface area (Å²) in [6.45, 7) is 4.70. The average Bonchev–Trinajstić information content (AvgIpc) is 1.59. The number of benzene rings is 17. The smallest absolute Gasteiger partial charge is 0.0547 e. The van der Waals surface area contributed by atoms with Gasteiger partial charge in [-0.25, -0.2) is 0 Å². The van der Waals surface area contributed by atoms with Crippen molar-refractivity contribution in [2.75, 3.05) is 4.90 Å². The number of hydrogen-bond acceptors (Lipinski definition) is 1. The summed E-state index contributed by atoms with van der Waals surface area (Å²) in [5.41, 5.74) is 37.3. The van der Waals surface area contributed by atoms with Crippen molar-refractivity contribution in [3.63, 3.8) is 0 Å². The zero-order valence-electron chi connectivity index (χ0n) is 60.2. The molecule has 0 atom stereocenters. The van der Waals surface area contributed by atoms with Crippen molar-refractivity contribution < 1.29 is 0 Å². The average molecular weight is 1390 g/mol. The summed E-state index contributed by atoms with van der Waals surface area (Å²) >= 11 is 0. The van der Waals surface area contributed by atoms with Crippen LogP contribution in [0, 0.1) is 0 Å². The Kier molecular flexibility index (Phi) is 14.0. The molecule has 23 rings (SSSR count). The molecule has 0 aliphatic heterocycles. The van der Waals surface area contributed by atoms with Gasteiger partial charge in [-0.05, 0) is 208 Å². The third kappa shape index (κ3) is 9.71. The van der Waals surface area contributed by atoms with Gasteiger partial charge in [-0.3, -0.25) is 0 Å². The van der Waals surface area contributed by atoms with E-state index < -0.39 is 0 Å². The molecule has 0 N–H and O–H groups in total. The first-order valence-electron chi connectivity index (χ1n) is 37.9. The molecule has 510 valence electrons. The Morgan fingerprint density at radius 3 is 1.05 bits per heavy atom. The molecule has 0 saturated carbocycles. The van der Waals surface area contributed by atoms with Crippen LogP contribution in [0.4, 0.5) is 17.1 Å². The maximum absolute atomic E-state index is 2.40. The van der Waals surface area contributed by atoms with Gasteiger partial charge in [0, 0.05) is 95.7 Å². The summed E-state index contributed by atoms with van der Waals surface area (Å²) < 4.78 is 7.16. The van der Waals surface area contributed by atoms with Gasteiger partial charge in [-0.15, -0.1) is 0 Å². The van der Waals surface area contributed by atoms with Gasteiger partial charge in [0.15, 0.2) is 0 Å². The summed E-state index contributed by atoms with van der Waals surface area (Å²) in [6.07, 6.45) is 4.71. The van der Waals surface area contributed by atoms with E-state index in [4.69, 9.17) is 0 Å². The van der Waals surface area contributed by atoms with E-state index in [1.807, 2.05) is 0 Å². The van der Waals surface area contributed by atoms with E-state index in [0.717, 1.165) is 28.4 Å². The summed E-state index contributed by atoms with van der Waals surface area (Å²) in [6, 6.07) is 138. The van der Waals surface area contributed by atoms with Crippen LogP contribution in [0.2, 0.25) is 0 Å². The number of nitrogens with zero attached hydrogens (tertiary/aromatic N) is 4. The Morgan fingerprint density at radius 2 is 0.569 bits per heavy atom. The topological polar surface area (TPSA) is 18.0 Å². The number of rotatable bonds is 8. The molecule has 0 bridgehead atoms. The highest BCUT2D eigenvalue weighted by Crippen LogP contribution is 2.55. The molecule has 0 amide bonds. The molecule has 0 fully saturated rings. The zero-order valence-corrected chi connectivity index (χ0v) is 60.2. The Bertz CT molecular complexity index is 7030. The minimum absolute atomic E-state index is 0.0731. The molecule has 3 aromatic heterocycles. The molecule has 0 spiro atoms. The fraction of sp³-hybridized carbons (Fsp3) is 0.0286. The molecular weight excluding hydrogens is 1320 g/mol. The number of aromatic nitrogens is 3. The summed E-state index contributed by atoms with van der Waals surface area (Å²) in [7, 11) is 0. The van der Waals surface area contributed by atoms with E-state index in [1.165, 1.54) is 182 Å². The zero-order chi connectivity index (χ0) is 72.0. The van der Waals surface area contributed by atoms with Crippen LogP contribution in [-0.4, -0.2) is 13.7 Å². The van der Waals surface area contributed by atoms with E-state index >= 15 is 0 Å². The van der Waals surface area contributed by atoms with Crippen LogP contribution in [-0.2, 0) is 5.41 Å². The summed E-state index contributed by atoms with van der Waals surface area (Å²) in [5.74, 6) is 0. The van der Waals surface area contributed by atoms with E-state index in [1.54, 1.807) is 0 Å². The van der Waals surface area contributed by atoms with Gasteiger partial charge in [0.25, 0.3) is 0 Å². The highest BCUT2D eigenvalue weighted by molar-refractivity contribution is 6.23. The molecule has 3 aliphatic carbocycles. The first-order valence-corrected chi connectivity index (χ1v) is 37.9. The normalized spacial score (nSPS) is 12.6. The lowest BCUT2D eigenvalue weighted by Gasteiger charge is -2.28. The van der Waals surface area contributed by atoms with Gasteiger partial charge in [0.05, 0.1) is 22.1 Å². The molecule has 3 heterocycles. The van der Waals surface area contributed by atoms with Gasteiger partial charge < -0.3 is 18.6 Å². The minimum atomic E-state index is -0.0731. The molecule has 17 aromatic carbocycles. The minimum Gasteiger partial charge on any atom is -0.316 e. The van der Waals surface area contributed by atoms with Crippen molar-refractivity contribution in [1.82, 2.24) is 13.7 Å². The van der Waals surface area contributed by atoms with Crippen molar-refractivity contribution in [3.8, 4) is 117 Å². The fourth-order valence-electron chi connectivity index (χ4n) is 18.6. The number of hydrogen-bond donors (Lipinski definition) is 0. The molecule has 3 aliphatic rings. The van der Waals surface area contributed by atoms with Crippen LogP contribution in [0.5, 0.6) is 0 Å². The van der Waals surface area contributed by atoms with E-state index in [2.05, 4.69) is 421 Å². The molecule has 109 heavy (non-hydrogen) atoms. The highest BCUT2D eigenvalue weighted by atomic mass is 15.1. The van der Waals surface area contributed by atoms with Gasteiger partial charge in [-0.1, -0.05) is 293 Å². The van der Waals surface area contributed by atoms with Crippen molar-refractivity contribution in [3.05, 3.63) is 400 Å². The fourth-order valence-corrected chi connectivity index (χ4v) is 18.6.